The van der Waals surface area contributed by atoms with Crippen molar-refractivity contribution in [3.05, 3.63) is 54.1 Å². The first kappa shape index (κ1) is 15.0. The Labute approximate surface area is 128 Å². The van der Waals surface area contributed by atoms with Crippen LogP contribution in [0.1, 0.15) is 5.56 Å². The fourth-order valence-electron chi connectivity index (χ4n) is 2.20. The number of nitrogens with one attached hydrogen (secondary N) is 1. The van der Waals surface area contributed by atoms with Crippen molar-refractivity contribution in [1.29, 1.82) is 0 Å². The maximum Gasteiger partial charge on any atom is 0.418 e. The first-order valence-corrected chi connectivity index (χ1v) is 6.69. The third-order valence-corrected chi connectivity index (χ3v) is 3.22. The van der Waals surface area contributed by atoms with Crippen LogP contribution < -0.4 is 5.32 Å². The van der Waals surface area contributed by atoms with E-state index in [-0.39, 0.29) is 12.2 Å². The van der Waals surface area contributed by atoms with E-state index in [0.717, 1.165) is 6.07 Å². The number of carbonyl (C=O) groups excluding carboxylic acids is 1. The summed E-state index contributed by atoms with van der Waals surface area (Å²) in [6.07, 6.45) is -4.54. The second-order valence-corrected chi connectivity index (χ2v) is 4.83. The SMILES string of the molecule is O=C(Cn1nnc2ccccc21)Nc1ccccc1C(F)(F)F. The molecule has 0 aliphatic carbocycles. The van der Waals surface area contributed by atoms with Gasteiger partial charge in [-0.1, -0.05) is 29.5 Å². The molecule has 0 saturated heterocycles. The molecule has 1 aromatic heterocycles. The highest BCUT2D eigenvalue weighted by Crippen LogP contribution is 2.34. The van der Waals surface area contributed by atoms with Crippen LogP contribution in [0.4, 0.5) is 18.9 Å². The van der Waals surface area contributed by atoms with Gasteiger partial charge in [-0.05, 0) is 24.3 Å². The van der Waals surface area contributed by atoms with Gasteiger partial charge in [0.05, 0.1) is 16.8 Å². The number of carbonyl (C=O) groups is 1. The monoisotopic (exact) mass is 320 g/mol. The van der Waals surface area contributed by atoms with E-state index < -0.39 is 17.6 Å². The molecule has 0 aliphatic rings. The summed E-state index contributed by atoms with van der Waals surface area (Å²) in [5.74, 6) is -0.614. The van der Waals surface area contributed by atoms with E-state index in [9.17, 15) is 18.0 Å². The first-order chi connectivity index (χ1) is 10.9. The second-order valence-electron chi connectivity index (χ2n) is 4.83. The van der Waals surface area contributed by atoms with E-state index in [1.807, 2.05) is 0 Å². The van der Waals surface area contributed by atoms with Gasteiger partial charge in [0.15, 0.2) is 0 Å². The Morgan fingerprint density at radius 2 is 1.78 bits per heavy atom. The van der Waals surface area contributed by atoms with Crippen molar-refractivity contribution in [2.75, 3.05) is 5.32 Å². The number of halogens is 3. The molecule has 0 fully saturated rings. The highest BCUT2D eigenvalue weighted by Gasteiger charge is 2.33. The number of hydrogen-bond acceptors (Lipinski definition) is 3. The van der Waals surface area contributed by atoms with E-state index >= 15 is 0 Å². The fraction of sp³-hybridized carbons (Fsp3) is 0.133. The molecule has 0 aliphatic heterocycles. The molecular weight excluding hydrogens is 309 g/mol. The predicted molar refractivity (Wildman–Crippen MR) is 77.6 cm³/mol. The van der Waals surface area contributed by atoms with Crippen molar-refractivity contribution in [2.24, 2.45) is 0 Å². The molecule has 0 unspecified atom stereocenters. The van der Waals surface area contributed by atoms with Crippen molar-refractivity contribution in [3.8, 4) is 0 Å². The third kappa shape index (κ3) is 3.15. The standard InChI is InChI=1S/C15H11F3N4O/c16-15(17,18)10-5-1-2-6-11(10)19-14(23)9-22-13-8-4-3-7-12(13)20-21-22/h1-8H,9H2,(H,19,23). The molecule has 118 valence electrons. The lowest BCUT2D eigenvalue weighted by atomic mass is 10.1. The maximum absolute atomic E-state index is 12.9. The van der Waals surface area contributed by atoms with Gasteiger partial charge in [-0.3, -0.25) is 4.79 Å². The molecule has 0 atom stereocenters. The molecule has 5 nitrogen and oxygen atoms in total. The zero-order valence-corrected chi connectivity index (χ0v) is 11.7. The van der Waals surface area contributed by atoms with Crippen molar-refractivity contribution < 1.29 is 18.0 Å². The van der Waals surface area contributed by atoms with E-state index in [2.05, 4.69) is 15.6 Å². The molecule has 0 bridgehead atoms. The average Bonchev–Trinajstić information content (AvgIpc) is 2.90. The molecule has 3 aromatic rings. The number of aromatic nitrogens is 3. The minimum atomic E-state index is -4.54. The Kier molecular flexibility index (Phi) is 3.73. The summed E-state index contributed by atoms with van der Waals surface area (Å²) in [5, 5.41) is 9.99. The van der Waals surface area contributed by atoms with Crippen LogP contribution in [0.3, 0.4) is 0 Å². The Morgan fingerprint density at radius 3 is 2.57 bits per heavy atom. The largest absolute Gasteiger partial charge is 0.418 e. The van der Waals surface area contributed by atoms with Gasteiger partial charge in [0.2, 0.25) is 5.91 Å². The number of alkyl halides is 3. The predicted octanol–water partition coefficient (Wildman–Crippen LogP) is 3.09. The molecule has 8 heteroatoms. The Hall–Kier alpha value is -2.90. The molecule has 1 N–H and O–H groups in total. The third-order valence-electron chi connectivity index (χ3n) is 3.22. The van der Waals surface area contributed by atoms with E-state index in [4.69, 9.17) is 0 Å². The maximum atomic E-state index is 12.9. The number of anilines is 1. The molecule has 1 amide bonds. The molecule has 0 radical (unpaired) electrons. The number of nitrogens with zero attached hydrogens (tertiary/aromatic N) is 3. The van der Waals surface area contributed by atoms with Crippen molar-refractivity contribution in [3.63, 3.8) is 0 Å². The lowest BCUT2D eigenvalue weighted by molar-refractivity contribution is -0.137. The van der Waals surface area contributed by atoms with Crippen LogP contribution in [0.15, 0.2) is 48.5 Å². The van der Waals surface area contributed by atoms with Gasteiger partial charge < -0.3 is 5.32 Å². The minimum Gasteiger partial charge on any atom is -0.324 e. The van der Waals surface area contributed by atoms with Gasteiger partial charge in [-0.15, -0.1) is 5.10 Å². The van der Waals surface area contributed by atoms with E-state index in [1.165, 1.54) is 22.9 Å². The summed E-state index contributed by atoms with van der Waals surface area (Å²) in [5.41, 5.74) is 0.0639. The topological polar surface area (TPSA) is 59.8 Å². The molecule has 0 saturated carbocycles. The first-order valence-electron chi connectivity index (χ1n) is 6.69. The zero-order chi connectivity index (χ0) is 16.4. The second kappa shape index (κ2) is 5.71. The van der Waals surface area contributed by atoms with Gasteiger partial charge in [0.1, 0.15) is 12.1 Å². The minimum absolute atomic E-state index is 0.229. The highest BCUT2D eigenvalue weighted by molar-refractivity contribution is 5.92. The number of amides is 1. The lowest BCUT2D eigenvalue weighted by Crippen LogP contribution is -2.21. The number of rotatable bonds is 3. The lowest BCUT2D eigenvalue weighted by Gasteiger charge is -2.13. The van der Waals surface area contributed by atoms with Gasteiger partial charge in [0.25, 0.3) is 0 Å². The molecule has 3 rings (SSSR count). The Balaban J connectivity index is 1.81. The summed E-state index contributed by atoms with van der Waals surface area (Å²) >= 11 is 0. The van der Waals surface area contributed by atoms with Crippen molar-refractivity contribution >= 4 is 22.6 Å². The van der Waals surface area contributed by atoms with Crippen molar-refractivity contribution in [2.45, 2.75) is 12.7 Å². The summed E-state index contributed by atoms with van der Waals surface area (Å²) in [4.78, 5) is 12.0. The summed E-state index contributed by atoms with van der Waals surface area (Å²) in [6.45, 7) is -0.229. The summed E-state index contributed by atoms with van der Waals surface area (Å²) < 4.78 is 40.1. The highest BCUT2D eigenvalue weighted by atomic mass is 19.4. The zero-order valence-electron chi connectivity index (χ0n) is 11.7. The normalized spacial score (nSPS) is 11.6. The van der Waals surface area contributed by atoms with Crippen LogP contribution >= 0.6 is 0 Å². The van der Waals surface area contributed by atoms with Crippen LogP contribution in [0.25, 0.3) is 11.0 Å². The van der Waals surface area contributed by atoms with Crippen LogP contribution in [0, 0.1) is 0 Å². The molecule has 1 heterocycles. The summed E-state index contributed by atoms with van der Waals surface area (Å²) in [6, 6.07) is 11.8. The molecular formula is C15H11F3N4O. The number of hydrogen-bond donors (Lipinski definition) is 1. The quantitative estimate of drug-likeness (QED) is 0.807. The van der Waals surface area contributed by atoms with Gasteiger partial charge in [0, 0.05) is 0 Å². The number of benzene rings is 2. The average molecular weight is 320 g/mol. The molecule has 2 aromatic carbocycles. The van der Waals surface area contributed by atoms with Gasteiger partial charge >= 0.3 is 6.18 Å². The van der Waals surface area contributed by atoms with Gasteiger partial charge in [-0.2, -0.15) is 13.2 Å². The number of para-hydroxylation sites is 2. The van der Waals surface area contributed by atoms with Crippen LogP contribution in [-0.2, 0) is 17.5 Å². The fourth-order valence-corrected chi connectivity index (χ4v) is 2.20. The van der Waals surface area contributed by atoms with Crippen LogP contribution in [0.2, 0.25) is 0 Å². The smallest absolute Gasteiger partial charge is 0.324 e. The van der Waals surface area contributed by atoms with Crippen molar-refractivity contribution in [1.82, 2.24) is 15.0 Å². The van der Waals surface area contributed by atoms with Gasteiger partial charge in [-0.25, -0.2) is 4.68 Å². The Morgan fingerprint density at radius 1 is 1.09 bits per heavy atom. The molecule has 23 heavy (non-hydrogen) atoms. The van der Waals surface area contributed by atoms with Crippen LogP contribution in [0.5, 0.6) is 0 Å². The van der Waals surface area contributed by atoms with E-state index in [0.29, 0.717) is 11.0 Å². The Bertz CT molecular complexity index is 857. The van der Waals surface area contributed by atoms with Crippen LogP contribution in [-0.4, -0.2) is 20.9 Å². The summed E-state index contributed by atoms with van der Waals surface area (Å²) in [7, 11) is 0. The number of fused-ring (bicyclic) bond motifs is 1. The van der Waals surface area contributed by atoms with E-state index in [1.54, 1.807) is 24.3 Å². The molecule has 0 spiro atoms.